The first-order valence-corrected chi connectivity index (χ1v) is 10.4. The van der Waals surface area contributed by atoms with Crippen molar-refractivity contribution in [3.8, 4) is 17.1 Å². The summed E-state index contributed by atoms with van der Waals surface area (Å²) in [6.45, 7) is 2.71. The number of anilines is 3. The van der Waals surface area contributed by atoms with E-state index in [1.165, 1.54) is 17.7 Å². The highest BCUT2D eigenvalue weighted by Gasteiger charge is 2.45. The number of thiazole rings is 1. The van der Waals surface area contributed by atoms with Crippen molar-refractivity contribution in [2.75, 3.05) is 44.1 Å². The third-order valence-corrected chi connectivity index (χ3v) is 6.52. The van der Waals surface area contributed by atoms with Gasteiger partial charge >= 0.3 is 0 Å². The second-order valence-electron chi connectivity index (χ2n) is 7.58. The zero-order chi connectivity index (χ0) is 19.8. The summed E-state index contributed by atoms with van der Waals surface area (Å²) in [7, 11) is 3.37. The van der Waals surface area contributed by atoms with Crippen LogP contribution in [0.1, 0.15) is 17.7 Å². The average molecular weight is 414 g/mol. The molecule has 0 unspecified atom stereocenters. The lowest BCUT2D eigenvalue weighted by Crippen LogP contribution is -2.34. The highest BCUT2D eigenvalue weighted by molar-refractivity contribution is 7.16. The lowest BCUT2D eigenvalue weighted by atomic mass is 10.1. The molecule has 1 saturated carbocycles. The molecule has 9 nitrogen and oxygen atoms in total. The smallest absolute Gasteiger partial charge is 0.232 e. The normalized spacial score (nSPS) is 16.7. The van der Waals surface area contributed by atoms with Crippen molar-refractivity contribution in [1.82, 2.24) is 25.1 Å². The van der Waals surface area contributed by atoms with Gasteiger partial charge in [0.15, 0.2) is 5.13 Å². The molecule has 0 saturated heterocycles. The van der Waals surface area contributed by atoms with Gasteiger partial charge in [-0.2, -0.15) is 10.1 Å². The number of rotatable bonds is 7. The van der Waals surface area contributed by atoms with E-state index in [1.54, 1.807) is 37.8 Å². The van der Waals surface area contributed by atoms with Gasteiger partial charge in [0.05, 0.1) is 31.2 Å². The molecule has 29 heavy (non-hydrogen) atoms. The molecule has 2 aliphatic rings. The van der Waals surface area contributed by atoms with Crippen LogP contribution >= 0.6 is 11.3 Å². The number of aromatic amines is 1. The molecule has 5 rings (SSSR count). The van der Waals surface area contributed by atoms with E-state index in [0.29, 0.717) is 11.8 Å². The maximum absolute atomic E-state index is 5.46. The molecule has 3 aromatic heterocycles. The monoisotopic (exact) mass is 413 g/mol. The maximum Gasteiger partial charge on any atom is 0.232 e. The van der Waals surface area contributed by atoms with Gasteiger partial charge in [0.25, 0.3) is 0 Å². The van der Waals surface area contributed by atoms with Crippen molar-refractivity contribution >= 4 is 28.2 Å². The average Bonchev–Trinajstić information content (AvgIpc) is 3.16. The van der Waals surface area contributed by atoms with E-state index in [9.17, 15) is 0 Å². The summed E-state index contributed by atoms with van der Waals surface area (Å²) in [5.41, 5.74) is 2.29. The van der Waals surface area contributed by atoms with Gasteiger partial charge < -0.3 is 14.4 Å². The van der Waals surface area contributed by atoms with Crippen LogP contribution in [0, 0.1) is 5.41 Å². The van der Waals surface area contributed by atoms with Gasteiger partial charge in [-0.1, -0.05) is 0 Å². The van der Waals surface area contributed by atoms with Crippen LogP contribution in [0.15, 0.2) is 18.5 Å². The van der Waals surface area contributed by atoms with Crippen LogP contribution in [-0.2, 0) is 11.2 Å². The topological polar surface area (TPSA) is 101 Å². The number of hydrogen-bond acceptors (Lipinski definition) is 9. The molecule has 152 valence electrons. The molecule has 3 aromatic rings. The second-order valence-corrected chi connectivity index (χ2v) is 8.66. The fourth-order valence-corrected chi connectivity index (χ4v) is 4.79. The van der Waals surface area contributed by atoms with Crippen LogP contribution in [0.4, 0.5) is 16.9 Å². The largest absolute Gasteiger partial charge is 0.481 e. The third kappa shape index (κ3) is 3.53. The number of nitrogens with one attached hydrogen (secondary N) is 2. The summed E-state index contributed by atoms with van der Waals surface area (Å²) in [4.78, 5) is 17.0. The Hall–Kier alpha value is -2.72. The zero-order valence-electron chi connectivity index (χ0n) is 16.4. The molecule has 0 atom stereocenters. The van der Waals surface area contributed by atoms with Crippen LogP contribution in [0.5, 0.6) is 5.88 Å². The molecule has 0 amide bonds. The Kier molecular flexibility index (Phi) is 4.59. The number of ether oxygens (including phenoxy) is 2. The quantitative estimate of drug-likeness (QED) is 0.610. The van der Waals surface area contributed by atoms with Gasteiger partial charge in [-0.15, -0.1) is 11.3 Å². The molecule has 0 aromatic carbocycles. The lowest BCUT2D eigenvalue weighted by molar-refractivity contribution is 0.143. The molecule has 4 heterocycles. The molecular formula is C19H23N7O2S. The van der Waals surface area contributed by atoms with Crippen molar-refractivity contribution in [2.24, 2.45) is 5.41 Å². The minimum Gasteiger partial charge on any atom is -0.481 e. The molecule has 10 heteroatoms. The van der Waals surface area contributed by atoms with Crippen LogP contribution in [0.2, 0.25) is 0 Å². The minimum absolute atomic E-state index is 0.277. The highest BCUT2D eigenvalue weighted by Crippen LogP contribution is 2.48. The van der Waals surface area contributed by atoms with Gasteiger partial charge in [-0.25, -0.2) is 9.97 Å². The molecule has 2 N–H and O–H groups in total. The van der Waals surface area contributed by atoms with Crippen molar-refractivity contribution in [2.45, 2.75) is 19.3 Å². The first-order valence-electron chi connectivity index (χ1n) is 9.61. The van der Waals surface area contributed by atoms with E-state index in [4.69, 9.17) is 14.5 Å². The van der Waals surface area contributed by atoms with E-state index in [-0.39, 0.29) is 5.41 Å². The molecule has 1 aliphatic heterocycles. The second kappa shape index (κ2) is 7.27. The van der Waals surface area contributed by atoms with Gasteiger partial charge in [-0.3, -0.25) is 10.4 Å². The standard InChI is InChI=1S/C19H23N7O2S/c1-27-11-19(5-6-19)10-26-8-4-13-15(12-9-21-25-16(12)26)23-18(29-13)24-17-20-7-3-14(22-17)28-2/h3,7,9H,4-6,8,10-11H2,1-2H3,(H,21,25)(H,20,22,23,24). The van der Waals surface area contributed by atoms with Crippen molar-refractivity contribution in [3.63, 3.8) is 0 Å². The molecular weight excluding hydrogens is 390 g/mol. The number of nitrogens with zero attached hydrogens (tertiary/aromatic N) is 5. The predicted octanol–water partition coefficient (Wildman–Crippen LogP) is 2.86. The summed E-state index contributed by atoms with van der Waals surface area (Å²) < 4.78 is 10.6. The molecule has 0 radical (unpaired) electrons. The molecule has 1 aliphatic carbocycles. The van der Waals surface area contributed by atoms with Crippen LogP contribution < -0.4 is 15.0 Å². The first-order chi connectivity index (χ1) is 14.2. The Morgan fingerprint density at radius 2 is 2.21 bits per heavy atom. The summed E-state index contributed by atoms with van der Waals surface area (Å²) in [6.07, 6.45) is 6.89. The first kappa shape index (κ1) is 18.3. The Bertz CT molecular complexity index is 1010. The van der Waals surface area contributed by atoms with Crippen LogP contribution in [0.3, 0.4) is 0 Å². The van der Waals surface area contributed by atoms with E-state index in [2.05, 4.69) is 30.4 Å². The van der Waals surface area contributed by atoms with Crippen molar-refractivity contribution < 1.29 is 9.47 Å². The number of aromatic nitrogens is 5. The lowest BCUT2D eigenvalue weighted by Gasteiger charge is -2.27. The minimum atomic E-state index is 0.277. The Balaban J connectivity index is 1.40. The molecule has 0 bridgehead atoms. The Labute approximate surface area is 172 Å². The molecule has 1 fully saturated rings. The summed E-state index contributed by atoms with van der Waals surface area (Å²) in [5, 5.41) is 11.5. The van der Waals surface area contributed by atoms with Crippen LogP contribution in [0.25, 0.3) is 11.3 Å². The van der Waals surface area contributed by atoms with Crippen molar-refractivity contribution in [1.29, 1.82) is 0 Å². The van der Waals surface area contributed by atoms with Gasteiger partial charge in [0.1, 0.15) is 5.82 Å². The van der Waals surface area contributed by atoms with Gasteiger partial charge in [0, 0.05) is 49.2 Å². The SMILES string of the molecule is COCC1(CN2CCc3sc(Nc4nccc(OC)n4)nc3-c3cn[nH]c32)CC1. The fourth-order valence-electron chi connectivity index (χ4n) is 3.83. The van der Waals surface area contributed by atoms with E-state index < -0.39 is 0 Å². The number of methoxy groups -OCH3 is 2. The number of hydrogen-bond donors (Lipinski definition) is 2. The number of fused-ring (bicyclic) bond motifs is 3. The van der Waals surface area contributed by atoms with Crippen LogP contribution in [-0.4, -0.2) is 59.1 Å². The van der Waals surface area contributed by atoms with E-state index in [1.807, 2.05) is 6.20 Å². The van der Waals surface area contributed by atoms with Gasteiger partial charge in [-0.05, 0) is 12.8 Å². The highest BCUT2D eigenvalue weighted by atomic mass is 32.1. The van der Waals surface area contributed by atoms with Gasteiger partial charge in [0.2, 0.25) is 11.8 Å². The summed E-state index contributed by atoms with van der Waals surface area (Å²) in [6, 6.07) is 1.71. The Morgan fingerprint density at radius 1 is 1.31 bits per heavy atom. The molecule has 0 spiro atoms. The van der Waals surface area contributed by atoms with E-state index >= 15 is 0 Å². The Morgan fingerprint density at radius 3 is 3.00 bits per heavy atom. The zero-order valence-corrected chi connectivity index (χ0v) is 17.3. The third-order valence-electron chi connectivity index (χ3n) is 5.49. The number of H-pyrrole nitrogens is 1. The van der Waals surface area contributed by atoms with Crippen molar-refractivity contribution in [3.05, 3.63) is 23.3 Å². The van der Waals surface area contributed by atoms with E-state index in [0.717, 1.165) is 48.3 Å². The predicted molar refractivity (Wildman–Crippen MR) is 111 cm³/mol. The summed E-state index contributed by atoms with van der Waals surface area (Å²) >= 11 is 1.63. The summed E-state index contributed by atoms with van der Waals surface area (Å²) in [5.74, 6) is 2.02. The maximum atomic E-state index is 5.46. The fraction of sp³-hybridized carbons (Fsp3) is 0.474.